The number of carbonyl (C=O) groups is 3. The summed E-state index contributed by atoms with van der Waals surface area (Å²) < 4.78 is 4.93. The summed E-state index contributed by atoms with van der Waals surface area (Å²) >= 11 is 0. The normalized spacial score (nSPS) is 47.6. The largest absolute Gasteiger partial charge is 0.458 e. The summed E-state index contributed by atoms with van der Waals surface area (Å²) in [6, 6.07) is 0. The molecule has 0 amide bonds. The highest BCUT2D eigenvalue weighted by Crippen LogP contribution is 2.68. The van der Waals surface area contributed by atoms with Crippen molar-refractivity contribution in [1.82, 2.24) is 0 Å². The maximum Gasteiger partial charge on any atom is 0.303 e. The minimum absolute atomic E-state index is 0.223. The van der Waals surface area contributed by atoms with Crippen LogP contribution in [0.15, 0.2) is 0 Å². The molecule has 4 aliphatic carbocycles. The number of ether oxygens (including phenoxy) is 1. The zero-order valence-electron chi connectivity index (χ0n) is 17.5. The van der Waals surface area contributed by atoms with Gasteiger partial charge in [0, 0.05) is 25.2 Å². The van der Waals surface area contributed by atoms with Gasteiger partial charge in [-0.2, -0.15) is 0 Å². The highest BCUT2D eigenvalue weighted by atomic mass is 16.5. The van der Waals surface area contributed by atoms with E-state index in [0.717, 1.165) is 44.9 Å². The smallest absolute Gasteiger partial charge is 0.303 e. The molecule has 0 unspecified atom stereocenters. The molecule has 1 N–H and O–H groups in total. The van der Waals surface area contributed by atoms with Crippen molar-refractivity contribution >= 4 is 17.5 Å². The summed E-state index contributed by atoms with van der Waals surface area (Å²) in [5, 5.41) is 11.5. The number of esters is 1. The van der Waals surface area contributed by atoms with E-state index in [-0.39, 0.29) is 17.8 Å². The highest BCUT2D eigenvalue weighted by Gasteiger charge is 2.66. The van der Waals surface area contributed by atoms with Gasteiger partial charge in [0.15, 0.2) is 6.61 Å². The zero-order valence-corrected chi connectivity index (χ0v) is 17.5. The van der Waals surface area contributed by atoms with E-state index in [0.29, 0.717) is 42.3 Å². The predicted molar refractivity (Wildman–Crippen MR) is 103 cm³/mol. The van der Waals surface area contributed by atoms with Crippen molar-refractivity contribution in [2.75, 3.05) is 6.61 Å². The van der Waals surface area contributed by atoms with E-state index < -0.39 is 17.0 Å². The fourth-order valence-corrected chi connectivity index (χ4v) is 7.81. The molecule has 0 bridgehead atoms. The minimum Gasteiger partial charge on any atom is -0.458 e. The van der Waals surface area contributed by atoms with Gasteiger partial charge in [0.05, 0.1) is 0 Å². The average molecular weight is 391 g/mol. The molecule has 0 heterocycles. The Hall–Kier alpha value is -1.23. The Morgan fingerprint density at radius 1 is 1.07 bits per heavy atom. The van der Waals surface area contributed by atoms with Crippen LogP contribution in [0.5, 0.6) is 0 Å². The van der Waals surface area contributed by atoms with E-state index >= 15 is 0 Å². The molecule has 4 rings (SSSR count). The Kier molecular flexibility index (Phi) is 4.76. The standard InChI is InChI=1S/C23H34O5/c1-14(24)28-13-20(26)23(27)11-8-19-17-5-4-15-12-16(25)6-9-21(15,2)18(17)7-10-22(19,23)3/h15,17-19,27H,4-13H2,1-3H3/t15-,17+,18-,19-,21+,22-,23-/m1/s1. The third-order valence-corrected chi connectivity index (χ3v) is 9.50. The molecule has 4 fully saturated rings. The molecule has 4 saturated carbocycles. The summed E-state index contributed by atoms with van der Waals surface area (Å²) in [4.78, 5) is 36.0. The lowest BCUT2D eigenvalue weighted by atomic mass is 9.44. The molecule has 0 saturated heterocycles. The monoisotopic (exact) mass is 390 g/mol. The molecular formula is C23H34O5. The van der Waals surface area contributed by atoms with Crippen molar-refractivity contribution in [1.29, 1.82) is 0 Å². The first-order valence-corrected chi connectivity index (χ1v) is 11.0. The Labute approximate surface area is 167 Å². The Balaban J connectivity index is 1.57. The van der Waals surface area contributed by atoms with E-state index in [1.807, 2.05) is 0 Å². The van der Waals surface area contributed by atoms with Crippen molar-refractivity contribution in [2.45, 2.75) is 84.2 Å². The topological polar surface area (TPSA) is 80.7 Å². The molecular weight excluding hydrogens is 356 g/mol. The van der Waals surface area contributed by atoms with Crippen LogP contribution in [-0.2, 0) is 19.1 Å². The molecule has 0 aromatic carbocycles. The first-order chi connectivity index (χ1) is 13.1. The molecule has 5 nitrogen and oxygen atoms in total. The van der Waals surface area contributed by atoms with E-state index in [4.69, 9.17) is 4.74 Å². The Morgan fingerprint density at radius 2 is 1.79 bits per heavy atom. The molecule has 0 spiro atoms. The van der Waals surface area contributed by atoms with Crippen molar-refractivity contribution in [3.05, 3.63) is 0 Å². The number of hydrogen-bond acceptors (Lipinski definition) is 5. The molecule has 0 aromatic heterocycles. The van der Waals surface area contributed by atoms with Crippen molar-refractivity contribution < 1.29 is 24.2 Å². The molecule has 7 atom stereocenters. The summed E-state index contributed by atoms with van der Waals surface area (Å²) in [5.74, 6) is 1.53. The molecule has 4 aliphatic rings. The van der Waals surface area contributed by atoms with Crippen molar-refractivity contribution in [2.24, 2.45) is 34.5 Å². The van der Waals surface area contributed by atoms with E-state index in [1.165, 1.54) is 6.92 Å². The molecule has 0 aromatic rings. The average Bonchev–Trinajstić information content (AvgIpc) is 2.92. The lowest BCUT2D eigenvalue weighted by Gasteiger charge is -2.60. The molecule has 156 valence electrons. The van der Waals surface area contributed by atoms with Gasteiger partial charge >= 0.3 is 5.97 Å². The third-order valence-electron chi connectivity index (χ3n) is 9.50. The van der Waals surface area contributed by atoms with Crippen LogP contribution in [0.25, 0.3) is 0 Å². The molecule has 28 heavy (non-hydrogen) atoms. The van der Waals surface area contributed by atoms with E-state index in [2.05, 4.69) is 13.8 Å². The predicted octanol–water partition coefficient (Wildman–Crippen LogP) is 3.46. The van der Waals surface area contributed by atoms with Crippen LogP contribution < -0.4 is 0 Å². The maximum atomic E-state index is 12.9. The summed E-state index contributed by atoms with van der Waals surface area (Å²) in [5.41, 5.74) is -1.61. The Bertz CT molecular complexity index is 701. The van der Waals surface area contributed by atoms with Gasteiger partial charge < -0.3 is 9.84 Å². The SMILES string of the molecule is CC(=O)OCC(=O)[C@]1(O)CC[C@@H]2[C@H]3CC[C@@H]4CC(=O)CC[C@]4(C)[C@@H]3CC[C@]21C. The van der Waals surface area contributed by atoms with Crippen LogP contribution >= 0.6 is 0 Å². The number of fused-ring (bicyclic) bond motifs is 5. The fraction of sp³-hybridized carbons (Fsp3) is 0.870. The lowest BCUT2D eigenvalue weighted by molar-refractivity contribution is -0.175. The number of aliphatic hydroxyl groups is 1. The highest BCUT2D eigenvalue weighted by molar-refractivity contribution is 5.91. The van der Waals surface area contributed by atoms with Crippen LogP contribution in [0.4, 0.5) is 0 Å². The quantitative estimate of drug-likeness (QED) is 0.747. The second kappa shape index (κ2) is 6.65. The molecule has 0 radical (unpaired) electrons. The van der Waals surface area contributed by atoms with Gasteiger partial charge in [0.1, 0.15) is 11.4 Å². The number of hydrogen-bond donors (Lipinski definition) is 1. The summed E-state index contributed by atoms with van der Waals surface area (Å²) in [6.07, 6.45) is 7.82. The van der Waals surface area contributed by atoms with Gasteiger partial charge in [-0.25, -0.2) is 0 Å². The van der Waals surface area contributed by atoms with Gasteiger partial charge in [0.2, 0.25) is 5.78 Å². The van der Waals surface area contributed by atoms with Gasteiger partial charge in [-0.15, -0.1) is 0 Å². The van der Waals surface area contributed by atoms with Gasteiger partial charge in [0.25, 0.3) is 0 Å². The Morgan fingerprint density at radius 3 is 2.50 bits per heavy atom. The van der Waals surface area contributed by atoms with Gasteiger partial charge in [-0.1, -0.05) is 13.8 Å². The van der Waals surface area contributed by atoms with Crippen LogP contribution in [0, 0.1) is 34.5 Å². The van der Waals surface area contributed by atoms with Crippen LogP contribution in [-0.4, -0.2) is 34.9 Å². The first-order valence-electron chi connectivity index (χ1n) is 11.0. The summed E-state index contributed by atoms with van der Waals surface area (Å²) in [7, 11) is 0. The van der Waals surface area contributed by atoms with Crippen LogP contribution in [0.2, 0.25) is 0 Å². The minimum atomic E-state index is -1.39. The van der Waals surface area contributed by atoms with Gasteiger partial charge in [-0.3, -0.25) is 14.4 Å². The number of rotatable bonds is 3. The first kappa shape index (κ1) is 20.1. The lowest BCUT2D eigenvalue weighted by Crippen LogP contribution is -2.59. The number of ketones is 2. The van der Waals surface area contributed by atoms with Crippen molar-refractivity contribution in [3.8, 4) is 0 Å². The van der Waals surface area contributed by atoms with Gasteiger partial charge in [-0.05, 0) is 74.0 Å². The summed E-state index contributed by atoms with van der Waals surface area (Å²) in [6.45, 7) is 5.45. The second-order valence-corrected chi connectivity index (χ2v) is 10.5. The van der Waals surface area contributed by atoms with E-state index in [9.17, 15) is 19.5 Å². The third kappa shape index (κ3) is 2.72. The van der Waals surface area contributed by atoms with Crippen molar-refractivity contribution in [3.63, 3.8) is 0 Å². The van der Waals surface area contributed by atoms with Crippen LogP contribution in [0.1, 0.15) is 78.6 Å². The molecule has 5 heteroatoms. The second-order valence-electron chi connectivity index (χ2n) is 10.5. The van der Waals surface area contributed by atoms with Crippen LogP contribution in [0.3, 0.4) is 0 Å². The van der Waals surface area contributed by atoms with E-state index in [1.54, 1.807) is 0 Å². The number of Topliss-reactive ketones (excluding diaryl/α,β-unsaturated/α-hetero) is 2. The zero-order chi connectivity index (χ0) is 20.3. The number of carbonyl (C=O) groups excluding carboxylic acids is 3. The molecule has 0 aliphatic heterocycles. The fourth-order valence-electron chi connectivity index (χ4n) is 7.81. The maximum absolute atomic E-state index is 12.9.